The van der Waals surface area contributed by atoms with E-state index in [1.165, 1.54) is 13.1 Å². The van der Waals surface area contributed by atoms with E-state index in [0.29, 0.717) is 11.1 Å². The van der Waals surface area contributed by atoms with Gasteiger partial charge in [-0.15, -0.1) is 0 Å². The highest BCUT2D eigenvalue weighted by molar-refractivity contribution is 7.80. The molecule has 2 rings (SSSR count). The van der Waals surface area contributed by atoms with Crippen LogP contribution in [0.15, 0.2) is 28.7 Å². The van der Waals surface area contributed by atoms with Crippen molar-refractivity contribution >= 4 is 34.3 Å². The molecule has 0 bridgehead atoms. The number of aromatic nitrogens is 1. The van der Waals surface area contributed by atoms with E-state index in [1.54, 1.807) is 12.1 Å². The lowest BCUT2D eigenvalue weighted by atomic mass is 10.3. The minimum absolute atomic E-state index is 0.0227. The third-order valence-corrected chi connectivity index (χ3v) is 2.87. The van der Waals surface area contributed by atoms with Crippen molar-refractivity contribution in [2.75, 3.05) is 13.1 Å². The van der Waals surface area contributed by atoms with Crippen LogP contribution < -0.4 is 15.2 Å². The second-order valence-electron chi connectivity index (χ2n) is 4.40. The molecule has 120 valence electrons. The van der Waals surface area contributed by atoms with Crippen molar-refractivity contribution in [2.24, 2.45) is 0 Å². The molecule has 0 aliphatic carbocycles. The van der Waals surface area contributed by atoms with E-state index in [4.69, 9.17) is 21.4 Å². The monoisotopic (exact) mass is 324 g/mol. The molecular formula is C15H20N2O4S. The molecule has 1 aromatic heterocycles. The summed E-state index contributed by atoms with van der Waals surface area (Å²) < 4.78 is 10.4. The van der Waals surface area contributed by atoms with Gasteiger partial charge in [0.15, 0.2) is 10.6 Å². The van der Waals surface area contributed by atoms with Crippen molar-refractivity contribution in [1.82, 2.24) is 4.98 Å². The molecule has 0 saturated heterocycles. The SMILES string of the molecule is CC[NH2+]CC.O=C([O-])CCC(=S)Oc1nc2ccccc2o1. The van der Waals surface area contributed by atoms with Gasteiger partial charge in [0, 0.05) is 12.4 Å². The first-order valence-corrected chi connectivity index (χ1v) is 7.55. The lowest BCUT2D eigenvalue weighted by Crippen LogP contribution is -2.82. The summed E-state index contributed by atoms with van der Waals surface area (Å²) in [7, 11) is 0. The van der Waals surface area contributed by atoms with Crippen LogP contribution in [0.5, 0.6) is 6.08 Å². The zero-order valence-corrected chi connectivity index (χ0v) is 13.5. The normalized spacial score (nSPS) is 9.91. The number of oxazole rings is 1. The molecule has 0 spiro atoms. The number of carboxylic acid groups (broad SMARTS) is 1. The van der Waals surface area contributed by atoms with Crippen LogP contribution in [-0.4, -0.2) is 29.1 Å². The predicted octanol–water partition coefficient (Wildman–Crippen LogP) is 0.654. The van der Waals surface area contributed by atoms with E-state index in [1.807, 2.05) is 12.1 Å². The Hall–Kier alpha value is -1.99. The first kappa shape index (κ1) is 18.1. The quantitative estimate of drug-likeness (QED) is 0.785. The van der Waals surface area contributed by atoms with Gasteiger partial charge in [0.25, 0.3) is 0 Å². The number of hydrogen-bond acceptors (Lipinski definition) is 6. The number of aliphatic carboxylic acids is 1. The van der Waals surface area contributed by atoms with Crippen LogP contribution in [0.2, 0.25) is 0 Å². The van der Waals surface area contributed by atoms with Crippen LogP contribution in [0.3, 0.4) is 0 Å². The maximum absolute atomic E-state index is 10.2. The van der Waals surface area contributed by atoms with E-state index < -0.39 is 5.97 Å². The van der Waals surface area contributed by atoms with Gasteiger partial charge in [-0.1, -0.05) is 12.1 Å². The highest BCUT2D eigenvalue weighted by Crippen LogP contribution is 2.20. The van der Waals surface area contributed by atoms with E-state index >= 15 is 0 Å². The van der Waals surface area contributed by atoms with Crippen molar-refractivity contribution in [3.63, 3.8) is 0 Å². The maximum atomic E-state index is 10.2. The van der Waals surface area contributed by atoms with Crippen LogP contribution >= 0.6 is 12.2 Å². The summed E-state index contributed by atoms with van der Waals surface area (Å²) in [6, 6.07) is 7.16. The molecule has 1 heterocycles. The fraction of sp³-hybridized carbons (Fsp3) is 0.400. The van der Waals surface area contributed by atoms with Crippen LogP contribution in [0.1, 0.15) is 26.7 Å². The molecule has 22 heavy (non-hydrogen) atoms. The fourth-order valence-corrected chi connectivity index (χ4v) is 1.71. The first-order valence-electron chi connectivity index (χ1n) is 7.14. The van der Waals surface area contributed by atoms with Crippen molar-refractivity contribution in [2.45, 2.75) is 26.7 Å². The summed E-state index contributed by atoms with van der Waals surface area (Å²) in [5.74, 6) is -1.17. The Bertz CT molecular complexity index is 577. The molecule has 1 aromatic carbocycles. The van der Waals surface area contributed by atoms with Crippen molar-refractivity contribution in [3.8, 4) is 6.08 Å². The zero-order chi connectivity index (χ0) is 16.4. The van der Waals surface area contributed by atoms with Gasteiger partial charge in [0.1, 0.15) is 5.52 Å². The molecule has 0 aliphatic rings. The minimum atomic E-state index is -1.17. The Morgan fingerprint density at radius 3 is 2.55 bits per heavy atom. The summed E-state index contributed by atoms with van der Waals surface area (Å²) >= 11 is 4.85. The highest BCUT2D eigenvalue weighted by atomic mass is 32.1. The maximum Gasteiger partial charge on any atom is 0.400 e. The molecule has 0 unspecified atom stereocenters. The molecule has 6 nitrogen and oxygen atoms in total. The Morgan fingerprint density at radius 1 is 1.32 bits per heavy atom. The van der Waals surface area contributed by atoms with Gasteiger partial charge in [-0.25, -0.2) is 0 Å². The van der Waals surface area contributed by atoms with E-state index in [9.17, 15) is 9.90 Å². The summed E-state index contributed by atoms with van der Waals surface area (Å²) in [5, 5.41) is 12.6. The third kappa shape index (κ3) is 6.64. The topological polar surface area (TPSA) is 92.0 Å². The molecular weight excluding hydrogens is 304 g/mol. The molecule has 0 saturated carbocycles. The number of rotatable bonds is 6. The number of para-hydroxylation sites is 2. The van der Waals surface area contributed by atoms with E-state index in [0.717, 1.165) is 0 Å². The first-order chi connectivity index (χ1) is 10.6. The number of carboxylic acids is 1. The lowest BCUT2D eigenvalue weighted by molar-refractivity contribution is -0.648. The van der Waals surface area contributed by atoms with Gasteiger partial charge in [-0.3, -0.25) is 0 Å². The van der Waals surface area contributed by atoms with E-state index in [2.05, 4.69) is 24.1 Å². The van der Waals surface area contributed by atoms with Gasteiger partial charge >= 0.3 is 6.08 Å². The number of carbonyl (C=O) groups is 1. The Morgan fingerprint density at radius 2 is 2.00 bits per heavy atom. The van der Waals surface area contributed by atoms with Gasteiger partial charge < -0.3 is 24.4 Å². The summed E-state index contributed by atoms with van der Waals surface area (Å²) in [6.45, 7) is 6.75. The number of thiocarbonyl (C=S) groups is 1. The number of benzene rings is 1. The lowest BCUT2D eigenvalue weighted by Gasteiger charge is -2.02. The van der Waals surface area contributed by atoms with Gasteiger partial charge in [-0.2, -0.15) is 4.98 Å². The molecule has 0 amide bonds. The molecule has 0 fully saturated rings. The zero-order valence-electron chi connectivity index (χ0n) is 12.7. The number of nitrogens with two attached hydrogens (primary N) is 1. The third-order valence-electron chi connectivity index (χ3n) is 2.59. The second-order valence-corrected chi connectivity index (χ2v) is 4.85. The fourth-order valence-electron chi connectivity index (χ4n) is 1.54. The van der Waals surface area contributed by atoms with Crippen molar-refractivity contribution in [3.05, 3.63) is 24.3 Å². The number of nitrogens with zero attached hydrogens (tertiary/aromatic N) is 1. The Balaban J connectivity index is 0.000000422. The van der Waals surface area contributed by atoms with Crippen LogP contribution in [0, 0.1) is 0 Å². The Kier molecular flexibility index (Phi) is 8.09. The summed E-state index contributed by atoms with van der Waals surface area (Å²) in [6.07, 6.45) is -0.0651. The number of carbonyl (C=O) groups excluding carboxylic acids is 1. The van der Waals surface area contributed by atoms with Crippen LogP contribution in [0.25, 0.3) is 11.1 Å². The highest BCUT2D eigenvalue weighted by Gasteiger charge is 2.08. The molecule has 0 atom stereocenters. The molecule has 0 radical (unpaired) electrons. The van der Waals surface area contributed by atoms with Gasteiger partial charge in [-0.05, 0) is 44.6 Å². The average molecular weight is 324 g/mol. The smallest absolute Gasteiger partial charge is 0.400 e. The predicted molar refractivity (Wildman–Crippen MR) is 84.5 cm³/mol. The minimum Gasteiger partial charge on any atom is -0.550 e. The van der Waals surface area contributed by atoms with Crippen molar-refractivity contribution in [1.29, 1.82) is 0 Å². The average Bonchev–Trinajstić information content (AvgIpc) is 2.88. The number of hydrogen-bond donors (Lipinski definition) is 1. The largest absolute Gasteiger partial charge is 0.550 e. The number of quaternary nitrogens is 1. The second kappa shape index (κ2) is 9.86. The Labute approximate surface area is 134 Å². The molecule has 0 aliphatic heterocycles. The van der Waals surface area contributed by atoms with Crippen molar-refractivity contribution < 1.29 is 24.4 Å². The standard InChI is InChI=1S/C11H9NO4S.C4H11N/c13-9(14)5-6-10(17)16-11-12-7-3-1-2-4-8(7)15-11;1-3-5-4-2/h1-4H,5-6H2,(H,13,14);5H,3-4H2,1-2H3. The number of fused-ring (bicyclic) bond motifs is 1. The van der Waals surface area contributed by atoms with Gasteiger partial charge in [0.05, 0.1) is 13.1 Å². The summed E-state index contributed by atoms with van der Waals surface area (Å²) in [5.41, 5.74) is 1.25. The molecule has 2 N–H and O–H groups in total. The molecule has 7 heteroatoms. The van der Waals surface area contributed by atoms with Crippen LogP contribution in [0.4, 0.5) is 0 Å². The number of ether oxygens (including phenoxy) is 1. The molecule has 2 aromatic rings. The van der Waals surface area contributed by atoms with Crippen LogP contribution in [-0.2, 0) is 4.79 Å². The van der Waals surface area contributed by atoms with Gasteiger partial charge in [0.2, 0.25) is 0 Å². The van der Waals surface area contributed by atoms with E-state index in [-0.39, 0.29) is 24.0 Å². The summed E-state index contributed by atoms with van der Waals surface area (Å²) in [4.78, 5) is 14.3.